The summed E-state index contributed by atoms with van der Waals surface area (Å²) in [4.78, 5) is 11.6. The fourth-order valence-corrected chi connectivity index (χ4v) is 3.36. The van der Waals surface area contributed by atoms with E-state index < -0.39 is 10.0 Å². The predicted octanol–water partition coefficient (Wildman–Crippen LogP) is 0.0721. The minimum absolute atomic E-state index is 0.0405. The third-order valence-electron chi connectivity index (χ3n) is 3.22. The van der Waals surface area contributed by atoms with Gasteiger partial charge in [0, 0.05) is 25.4 Å². The molecule has 1 aliphatic heterocycles. The highest BCUT2D eigenvalue weighted by molar-refractivity contribution is 7.89. The zero-order chi connectivity index (χ0) is 15.5. The normalized spacial score (nSPS) is 18.5. The maximum Gasteiger partial charge on any atom is 0.240 e. The van der Waals surface area contributed by atoms with E-state index in [0.29, 0.717) is 24.3 Å². The molecule has 0 saturated carbocycles. The van der Waals surface area contributed by atoms with Crippen LogP contribution in [0.2, 0.25) is 0 Å². The molecule has 0 radical (unpaired) electrons. The van der Waals surface area contributed by atoms with E-state index in [2.05, 4.69) is 10.0 Å². The molecule has 1 aliphatic rings. The first kappa shape index (κ1) is 15.9. The third kappa shape index (κ3) is 4.48. The molecule has 114 valence electrons. The largest absolute Gasteiger partial charge is 0.393 e. The predicted molar refractivity (Wildman–Crippen MR) is 83.3 cm³/mol. The molecule has 4 N–H and O–H groups in total. The Balaban J connectivity index is 1.98. The maximum absolute atomic E-state index is 12.1. The second-order valence-corrected chi connectivity index (χ2v) is 7.23. The van der Waals surface area contributed by atoms with Gasteiger partial charge in [0.2, 0.25) is 15.9 Å². The fourth-order valence-electron chi connectivity index (χ4n) is 2.11. The highest BCUT2D eigenvalue weighted by atomic mass is 32.2. The lowest BCUT2D eigenvalue weighted by Crippen LogP contribution is -2.38. The molecule has 1 unspecified atom stereocenters. The highest BCUT2D eigenvalue weighted by Gasteiger charge is 2.23. The number of nitrogens with one attached hydrogen (secondary N) is 2. The quantitative estimate of drug-likeness (QED) is 0.642. The van der Waals surface area contributed by atoms with Gasteiger partial charge in [0.05, 0.1) is 9.88 Å². The van der Waals surface area contributed by atoms with Gasteiger partial charge in [-0.05, 0) is 24.1 Å². The molecule has 1 amide bonds. The molecule has 1 aromatic carbocycles. The molecular weight excluding hydrogens is 310 g/mol. The highest BCUT2D eigenvalue weighted by Crippen LogP contribution is 2.12. The molecule has 1 heterocycles. The number of hydrogen-bond donors (Lipinski definition) is 3. The van der Waals surface area contributed by atoms with Crippen molar-refractivity contribution in [3.63, 3.8) is 0 Å². The van der Waals surface area contributed by atoms with Crippen molar-refractivity contribution in [3.8, 4) is 0 Å². The van der Waals surface area contributed by atoms with Crippen molar-refractivity contribution in [2.75, 3.05) is 6.54 Å². The van der Waals surface area contributed by atoms with E-state index in [4.69, 9.17) is 18.0 Å². The molecule has 1 saturated heterocycles. The third-order valence-corrected chi connectivity index (χ3v) is 4.80. The molecule has 0 aromatic heterocycles. The van der Waals surface area contributed by atoms with E-state index in [-0.39, 0.29) is 23.4 Å². The summed E-state index contributed by atoms with van der Waals surface area (Å²) in [5.74, 6) is -0.0405. The first-order chi connectivity index (χ1) is 9.87. The number of amides is 1. The van der Waals surface area contributed by atoms with Crippen LogP contribution in [0.1, 0.15) is 18.4 Å². The summed E-state index contributed by atoms with van der Waals surface area (Å²) < 4.78 is 26.8. The minimum Gasteiger partial charge on any atom is -0.393 e. The Bertz CT molecular complexity index is 641. The molecule has 0 spiro atoms. The second kappa shape index (κ2) is 6.50. The van der Waals surface area contributed by atoms with Gasteiger partial charge in [-0.3, -0.25) is 4.79 Å². The lowest BCUT2D eigenvalue weighted by molar-refractivity contribution is -0.119. The maximum atomic E-state index is 12.1. The van der Waals surface area contributed by atoms with Gasteiger partial charge >= 0.3 is 0 Å². The van der Waals surface area contributed by atoms with Crippen LogP contribution in [0.4, 0.5) is 0 Å². The Morgan fingerprint density at radius 2 is 2.05 bits per heavy atom. The molecular formula is C13H17N3O3S2. The van der Waals surface area contributed by atoms with Crippen LogP contribution in [0.25, 0.3) is 0 Å². The van der Waals surface area contributed by atoms with Crippen molar-refractivity contribution < 1.29 is 13.2 Å². The van der Waals surface area contributed by atoms with Crippen LogP contribution >= 0.6 is 12.2 Å². The van der Waals surface area contributed by atoms with Crippen molar-refractivity contribution in [3.05, 3.63) is 29.8 Å². The molecule has 21 heavy (non-hydrogen) atoms. The zero-order valence-corrected chi connectivity index (χ0v) is 13.0. The topological polar surface area (TPSA) is 101 Å². The van der Waals surface area contributed by atoms with Gasteiger partial charge in [0.1, 0.15) is 0 Å². The number of thiocarbonyl (C=S) groups is 1. The van der Waals surface area contributed by atoms with Crippen LogP contribution in [-0.4, -0.2) is 31.9 Å². The van der Waals surface area contributed by atoms with Crippen molar-refractivity contribution in [2.24, 2.45) is 5.73 Å². The average Bonchev–Trinajstić information content (AvgIpc) is 2.82. The van der Waals surface area contributed by atoms with E-state index in [1.807, 2.05) is 0 Å². The Labute approximate surface area is 129 Å². The van der Waals surface area contributed by atoms with Crippen molar-refractivity contribution >= 4 is 33.1 Å². The van der Waals surface area contributed by atoms with Gasteiger partial charge in [0.15, 0.2) is 0 Å². The van der Waals surface area contributed by atoms with Crippen LogP contribution in [0.5, 0.6) is 0 Å². The molecule has 1 atom stereocenters. The van der Waals surface area contributed by atoms with Crippen LogP contribution in [0, 0.1) is 0 Å². The average molecular weight is 327 g/mol. The molecule has 8 heteroatoms. The number of hydrogen-bond acceptors (Lipinski definition) is 4. The molecule has 6 nitrogen and oxygen atoms in total. The number of sulfonamides is 1. The van der Waals surface area contributed by atoms with Crippen molar-refractivity contribution in [1.82, 2.24) is 10.0 Å². The van der Waals surface area contributed by atoms with Crippen LogP contribution in [-0.2, 0) is 21.2 Å². The SMILES string of the molecule is NC(=S)Cc1ccc(S(=O)(=O)NCC2CCC(=O)N2)cc1. The standard InChI is InChI=1S/C13H17N3O3S2/c14-12(20)7-9-1-4-11(5-2-9)21(18,19)15-8-10-3-6-13(17)16-10/h1-2,4-5,10,15H,3,6-8H2,(H2,14,20)(H,16,17). The summed E-state index contributed by atoms with van der Waals surface area (Å²) in [6, 6.07) is 6.27. The van der Waals surface area contributed by atoms with Crippen LogP contribution in [0.3, 0.4) is 0 Å². The zero-order valence-electron chi connectivity index (χ0n) is 11.3. The van der Waals surface area contributed by atoms with E-state index in [0.717, 1.165) is 5.56 Å². The van der Waals surface area contributed by atoms with Crippen molar-refractivity contribution in [1.29, 1.82) is 0 Å². The van der Waals surface area contributed by atoms with E-state index in [1.54, 1.807) is 12.1 Å². The first-order valence-corrected chi connectivity index (χ1v) is 8.42. The smallest absolute Gasteiger partial charge is 0.240 e. The van der Waals surface area contributed by atoms with Gasteiger partial charge < -0.3 is 11.1 Å². The number of rotatable bonds is 6. The van der Waals surface area contributed by atoms with Gasteiger partial charge in [-0.1, -0.05) is 24.4 Å². The molecule has 2 rings (SSSR count). The van der Waals surface area contributed by atoms with Gasteiger partial charge in [-0.25, -0.2) is 13.1 Å². The van der Waals surface area contributed by atoms with E-state index >= 15 is 0 Å². The Morgan fingerprint density at radius 1 is 1.38 bits per heavy atom. The monoisotopic (exact) mass is 327 g/mol. The summed E-state index contributed by atoms with van der Waals surface area (Å²) in [5, 5.41) is 2.71. The minimum atomic E-state index is -3.58. The van der Waals surface area contributed by atoms with Crippen LogP contribution < -0.4 is 15.8 Å². The summed E-state index contributed by atoms with van der Waals surface area (Å²) >= 11 is 4.81. The first-order valence-electron chi connectivity index (χ1n) is 6.53. The summed E-state index contributed by atoms with van der Waals surface area (Å²) in [6.07, 6.45) is 1.53. The van der Waals surface area contributed by atoms with Gasteiger partial charge in [-0.15, -0.1) is 0 Å². The lowest BCUT2D eigenvalue weighted by Gasteiger charge is -2.12. The summed E-state index contributed by atoms with van der Waals surface area (Å²) in [6.45, 7) is 0.197. The Hall–Kier alpha value is -1.51. The fraction of sp³-hybridized carbons (Fsp3) is 0.385. The number of carbonyl (C=O) groups is 1. The number of benzene rings is 1. The summed E-state index contributed by atoms with van der Waals surface area (Å²) in [7, 11) is -3.58. The van der Waals surface area contributed by atoms with Gasteiger partial charge in [0.25, 0.3) is 0 Å². The molecule has 0 bridgehead atoms. The van der Waals surface area contributed by atoms with E-state index in [1.165, 1.54) is 12.1 Å². The number of nitrogens with two attached hydrogens (primary N) is 1. The molecule has 0 aliphatic carbocycles. The molecule has 1 fully saturated rings. The van der Waals surface area contributed by atoms with Crippen LogP contribution in [0.15, 0.2) is 29.2 Å². The molecule has 1 aromatic rings. The lowest BCUT2D eigenvalue weighted by atomic mass is 10.1. The Morgan fingerprint density at radius 3 is 2.57 bits per heavy atom. The second-order valence-electron chi connectivity index (χ2n) is 4.94. The Kier molecular flexibility index (Phi) is 4.92. The van der Waals surface area contributed by atoms with Crippen molar-refractivity contribution in [2.45, 2.75) is 30.2 Å². The number of carbonyl (C=O) groups excluding carboxylic acids is 1. The van der Waals surface area contributed by atoms with Gasteiger partial charge in [-0.2, -0.15) is 0 Å². The van der Waals surface area contributed by atoms with E-state index in [9.17, 15) is 13.2 Å². The summed E-state index contributed by atoms with van der Waals surface area (Å²) in [5.41, 5.74) is 6.31.